The molecule has 0 fully saturated rings. The number of phenols is 1. The van der Waals surface area contributed by atoms with Gasteiger partial charge >= 0.3 is 7.60 Å². The van der Waals surface area contributed by atoms with Gasteiger partial charge in [0.25, 0.3) is 0 Å². The van der Waals surface area contributed by atoms with Crippen LogP contribution in [0.3, 0.4) is 0 Å². The SMILES string of the molecule is CCOP(=O)(OCC)/C(=C/Nc1cncnc1)c1cc(C)c(O)c(OC)c1. The number of phenolic OH excluding ortho intramolecular Hbond substituents is 1. The van der Waals surface area contributed by atoms with E-state index in [0.29, 0.717) is 22.1 Å². The number of ether oxygens (including phenoxy) is 1. The molecule has 0 amide bonds. The number of aryl methyl sites for hydroxylation is 1. The van der Waals surface area contributed by atoms with Crippen LogP contribution in [0.25, 0.3) is 5.31 Å². The molecule has 1 heterocycles. The Labute approximate surface area is 158 Å². The van der Waals surface area contributed by atoms with E-state index in [0.717, 1.165) is 0 Å². The first-order chi connectivity index (χ1) is 12.9. The molecule has 0 unspecified atom stereocenters. The summed E-state index contributed by atoms with van der Waals surface area (Å²) >= 11 is 0. The average Bonchev–Trinajstić information content (AvgIpc) is 2.65. The molecule has 0 radical (unpaired) electrons. The lowest BCUT2D eigenvalue weighted by molar-refractivity contribution is 0.230. The van der Waals surface area contributed by atoms with E-state index in [2.05, 4.69) is 15.3 Å². The van der Waals surface area contributed by atoms with Crippen LogP contribution in [0, 0.1) is 6.92 Å². The van der Waals surface area contributed by atoms with Crippen molar-refractivity contribution in [3.63, 3.8) is 0 Å². The molecule has 0 atom stereocenters. The Morgan fingerprint density at radius 2 is 1.85 bits per heavy atom. The fraction of sp³-hybridized carbons (Fsp3) is 0.333. The van der Waals surface area contributed by atoms with Crippen LogP contribution < -0.4 is 10.1 Å². The molecule has 0 aliphatic rings. The molecule has 9 heteroatoms. The maximum absolute atomic E-state index is 13.4. The Kier molecular flexibility index (Phi) is 7.36. The van der Waals surface area contributed by atoms with Gasteiger partial charge < -0.3 is 24.2 Å². The van der Waals surface area contributed by atoms with Crippen molar-refractivity contribution in [2.45, 2.75) is 20.8 Å². The zero-order valence-electron chi connectivity index (χ0n) is 15.8. The summed E-state index contributed by atoms with van der Waals surface area (Å²) in [5.74, 6) is 0.283. The molecule has 1 aromatic carbocycles. The van der Waals surface area contributed by atoms with Crippen molar-refractivity contribution in [3.05, 3.63) is 48.2 Å². The van der Waals surface area contributed by atoms with Crippen LogP contribution in [0.2, 0.25) is 0 Å². The second-order valence-corrected chi connectivity index (χ2v) is 7.47. The largest absolute Gasteiger partial charge is 0.504 e. The molecule has 0 spiro atoms. The Balaban J connectivity index is 2.58. The van der Waals surface area contributed by atoms with Crippen LogP contribution in [0.15, 0.2) is 37.1 Å². The monoisotopic (exact) mass is 393 g/mol. The third-order valence-electron chi connectivity index (χ3n) is 3.61. The molecule has 0 saturated carbocycles. The minimum absolute atomic E-state index is 0.0210. The Bertz CT molecular complexity index is 832. The van der Waals surface area contributed by atoms with Crippen molar-refractivity contribution >= 4 is 18.6 Å². The minimum Gasteiger partial charge on any atom is -0.504 e. The number of anilines is 1. The van der Waals surface area contributed by atoms with E-state index in [9.17, 15) is 9.67 Å². The van der Waals surface area contributed by atoms with Gasteiger partial charge in [-0.05, 0) is 44.0 Å². The van der Waals surface area contributed by atoms with Crippen molar-refractivity contribution in [1.29, 1.82) is 0 Å². The number of aromatic nitrogens is 2. The van der Waals surface area contributed by atoms with Crippen LogP contribution in [0.1, 0.15) is 25.0 Å². The van der Waals surface area contributed by atoms with Crippen molar-refractivity contribution in [1.82, 2.24) is 9.97 Å². The van der Waals surface area contributed by atoms with Gasteiger partial charge in [0.2, 0.25) is 0 Å². The molecule has 1 aromatic heterocycles. The summed E-state index contributed by atoms with van der Waals surface area (Å²) in [4.78, 5) is 7.87. The zero-order valence-corrected chi connectivity index (χ0v) is 16.7. The zero-order chi connectivity index (χ0) is 19.9. The average molecular weight is 393 g/mol. The number of nitrogens with one attached hydrogen (secondary N) is 1. The van der Waals surface area contributed by atoms with Gasteiger partial charge in [-0.25, -0.2) is 9.97 Å². The van der Waals surface area contributed by atoms with Crippen molar-refractivity contribution in [3.8, 4) is 11.5 Å². The number of rotatable bonds is 9. The third kappa shape index (κ3) is 5.07. The molecule has 146 valence electrons. The lowest BCUT2D eigenvalue weighted by Crippen LogP contribution is -2.02. The van der Waals surface area contributed by atoms with Gasteiger partial charge in [-0.3, -0.25) is 4.57 Å². The van der Waals surface area contributed by atoms with Gasteiger partial charge in [0.1, 0.15) is 6.33 Å². The molecule has 27 heavy (non-hydrogen) atoms. The van der Waals surface area contributed by atoms with Crippen molar-refractivity contribution in [2.24, 2.45) is 0 Å². The summed E-state index contributed by atoms with van der Waals surface area (Å²) in [7, 11) is -2.18. The number of benzene rings is 1. The fourth-order valence-corrected chi connectivity index (χ4v) is 4.11. The molecule has 0 saturated heterocycles. The summed E-state index contributed by atoms with van der Waals surface area (Å²) in [6, 6.07) is 3.28. The van der Waals surface area contributed by atoms with E-state index in [-0.39, 0.29) is 24.7 Å². The van der Waals surface area contributed by atoms with E-state index in [1.165, 1.54) is 19.6 Å². The topological polar surface area (TPSA) is 103 Å². The number of aromatic hydroxyl groups is 1. The number of hydrogen-bond donors (Lipinski definition) is 2. The highest BCUT2D eigenvalue weighted by Gasteiger charge is 2.32. The Morgan fingerprint density at radius 1 is 1.22 bits per heavy atom. The van der Waals surface area contributed by atoms with E-state index in [1.807, 2.05) is 0 Å². The van der Waals surface area contributed by atoms with Gasteiger partial charge in [0.15, 0.2) is 11.5 Å². The summed E-state index contributed by atoms with van der Waals surface area (Å²) in [6.45, 7) is 5.62. The summed E-state index contributed by atoms with van der Waals surface area (Å²) < 4.78 is 29.7. The highest BCUT2D eigenvalue weighted by Crippen LogP contribution is 2.61. The Morgan fingerprint density at radius 3 is 2.41 bits per heavy atom. The number of hydrogen-bond acceptors (Lipinski definition) is 8. The van der Waals surface area contributed by atoms with Crippen LogP contribution in [-0.2, 0) is 13.6 Å². The van der Waals surface area contributed by atoms with E-state index in [4.69, 9.17) is 13.8 Å². The molecule has 2 rings (SSSR count). The highest BCUT2D eigenvalue weighted by molar-refractivity contribution is 7.65. The van der Waals surface area contributed by atoms with Gasteiger partial charge in [0.05, 0.1) is 43.7 Å². The van der Waals surface area contributed by atoms with Crippen molar-refractivity contribution < 1.29 is 23.5 Å². The van der Waals surface area contributed by atoms with E-state index < -0.39 is 7.60 Å². The molecule has 2 aromatic rings. The lowest BCUT2D eigenvalue weighted by atomic mass is 10.1. The first-order valence-corrected chi connectivity index (χ1v) is 9.98. The van der Waals surface area contributed by atoms with Gasteiger partial charge in [-0.1, -0.05) is 0 Å². The molecular weight excluding hydrogens is 369 g/mol. The summed E-state index contributed by atoms with van der Waals surface area (Å²) in [6.07, 6.45) is 6.11. The lowest BCUT2D eigenvalue weighted by Gasteiger charge is -2.21. The maximum atomic E-state index is 13.4. The molecule has 0 aliphatic carbocycles. The number of methoxy groups -OCH3 is 1. The quantitative estimate of drug-likeness (QED) is 0.612. The maximum Gasteiger partial charge on any atom is 0.363 e. The molecule has 2 N–H and O–H groups in total. The molecule has 0 aliphatic heterocycles. The predicted octanol–water partition coefficient (Wildman–Crippen LogP) is 4.18. The molecular formula is C18H24N3O5P. The van der Waals surface area contributed by atoms with Gasteiger partial charge in [-0.2, -0.15) is 0 Å². The Hall–Kier alpha value is -2.41. The predicted molar refractivity (Wildman–Crippen MR) is 104 cm³/mol. The van der Waals surface area contributed by atoms with Crippen molar-refractivity contribution in [2.75, 3.05) is 25.6 Å². The summed E-state index contributed by atoms with van der Waals surface area (Å²) in [5, 5.41) is 13.4. The van der Waals surface area contributed by atoms with Crippen LogP contribution in [0.4, 0.5) is 5.69 Å². The first-order valence-electron chi connectivity index (χ1n) is 8.44. The normalized spacial score (nSPS) is 12.1. The third-order valence-corrected chi connectivity index (χ3v) is 5.78. The van der Waals surface area contributed by atoms with E-state index in [1.54, 1.807) is 45.3 Å². The second-order valence-electron chi connectivity index (χ2n) is 5.48. The first kappa shape index (κ1) is 20.9. The van der Waals surface area contributed by atoms with Gasteiger partial charge in [-0.15, -0.1) is 0 Å². The standard InChI is InChI=1S/C18H24N3O5P/c1-5-25-27(23,26-6-2)17(11-21-15-9-19-12-20-10-15)14-7-13(3)18(22)16(8-14)24-4/h7-12,21-22H,5-6H2,1-4H3/b17-11+. The van der Waals surface area contributed by atoms with E-state index >= 15 is 0 Å². The van der Waals surface area contributed by atoms with Crippen LogP contribution in [0.5, 0.6) is 11.5 Å². The molecule has 0 bridgehead atoms. The van der Waals surface area contributed by atoms with Gasteiger partial charge in [0, 0.05) is 6.20 Å². The molecule has 8 nitrogen and oxygen atoms in total. The fourth-order valence-electron chi connectivity index (χ4n) is 2.41. The smallest absolute Gasteiger partial charge is 0.363 e. The summed E-state index contributed by atoms with van der Waals surface area (Å²) in [5.41, 5.74) is 1.71. The minimum atomic E-state index is -3.63. The van der Waals surface area contributed by atoms with Crippen LogP contribution in [-0.4, -0.2) is 35.4 Å². The highest BCUT2D eigenvalue weighted by atomic mass is 31.2. The van der Waals surface area contributed by atoms with Crippen LogP contribution >= 0.6 is 7.60 Å². The second kappa shape index (κ2) is 9.50. The number of nitrogens with zero attached hydrogens (tertiary/aromatic N) is 2.